The number of likely N-dealkylation sites (tertiary alicyclic amines) is 1. The number of amides is 1. The van der Waals surface area contributed by atoms with Gasteiger partial charge in [0.15, 0.2) is 5.60 Å². The summed E-state index contributed by atoms with van der Waals surface area (Å²) in [6.07, 6.45) is 1.18. The maximum atomic E-state index is 13.1. The molecular weight excluding hydrogens is 335 g/mol. The summed E-state index contributed by atoms with van der Waals surface area (Å²) in [6, 6.07) is 8.06. The average molecular weight is 360 g/mol. The number of nitrogens with zero attached hydrogens (tertiary/aromatic N) is 3. The van der Waals surface area contributed by atoms with Crippen LogP contribution in [0.15, 0.2) is 30.3 Å². The standard InChI is InChI=1S/C19H25FN4O2/c1-14-10-17(22-21-14)12-23(2)13-19(26)8-3-9-24(18(19)25)11-15-4-6-16(20)7-5-15/h4-7,10,26H,3,8-9,11-13H2,1-2H3,(H,21,22)/t19-/m1/s1. The Morgan fingerprint density at radius 2 is 2.12 bits per heavy atom. The van der Waals surface area contributed by atoms with Crippen LogP contribution in [0.25, 0.3) is 0 Å². The minimum Gasteiger partial charge on any atom is -0.379 e. The number of H-pyrrole nitrogens is 1. The number of nitrogens with one attached hydrogen (secondary N) is 1. The van der Waals surface area contributed by atoms with Crippen LogP contribution in [0.1, 0.15) is 29.8 Å². The summed E-state index contributed by atoms with van der Waals surface area (Å²) in [5.74, 6) is -0.566. The van der Waals surface area contributed by atoms with E-state index >= 15 is 0 Å². The number of aromatic amines is 1. The second-order valence-corrected chi connectivity index (χ2v) is 7.20. The van der Waals surface area contributed by atoms with Gasteiger partial charge in [-0.05, 0) is 50.6 Å². The monoisotopic (exact) mass is 360 g/mol. The highest BCUT2D eigenvalue weighted by atomic mass is 19.1. The summed E-state index contributed by atoms with van der Waals surface area (Å²) in [6.45, 7) is 3.71. The zero-order chi connectivity index (χ0) is 18.7. The second-order valence-electron chi connectivity index (χ2n) is 7.20. The SMILES string of the molecule is Cc1cc(CN(C)C[C@]2(O)CCCN(Cc3ccc(F)cc3)C2=O)n[nH]1. The molecule has 2 heterocycles. The van der Waals surface area contributed by atoms with Gasteiger partial charge in [0.2, 0.25) is 0 Å². The number of rotatable bonds is 6. The molecule has 2 N–H and O–H groups in total. The van der Waals surface area contributed by atoms with E-state index in [1.165, 1.54) is 12.1 Å². The van der Waals surface area contributed by atoms with E-state index in [1.54, 1.807) is 17.0 Å². The fourth-order valence-corrected chi connectivity index (χ4v) is 3.51. The van der Waals surface area contributed by atoms with Gasteiger partial charge in [0.05, 0.1) is 5.69 Å². The molecule has 0 spiro atoms. The molecule has 26 heavy (non-hydrogen) atoms. The van der Waals surface area contributed by atoms with Gasteiger partial charge in [0.1, 0.15) is 5.82 Å². The number of benzene rings is 1. The van der Waals surface area contributed by atoms with E-state index in [2.05, 4.69) is 10.2 Å². The third-order valence-electron chi connectivity index (χ3n) is 4.71. The second kappa shape index (κ2) is 7.55. The van der Waals surface area contributed by atoms with Crippen molar-refractivity contribution in [2.24, 2.45) is 0 Å². The molecule has 1 saturated heterocycles. The molecular formula is C19H25FN4O2. The summed E-state index contributed by atoms with van der Waals surface area (Å²) in [4.78, 5) is 16.4. The van der Waals surface area contributed by atoms with Gasteiger partial charge in [0.25, 0.3) is 5.91 Å². The fraction of sp³-hybridized carbons (Fsp3) is 0.474. The first-order valence-electron chi connectivity index (χ1n) is 8.81. The van der Waals surface area contributed by atoms with Crippen molar-refractivity contribution >= 4 is 5.91 Å². The van der Waals surface area contributed by atoms with E-state index in [0.29, 0.717) is 26.1 Å². The highest BCUT2D eigenvalue weighted by Gasteiger charge is 2.42. The first-order valence-corrected chi connectivity index (χ1v) is 8.81. The zero-order valence-corrected chi connectivity index (χ0v) is 15.2. The van der Waals surface area contributed by atoms with Gasteiger partial charge in [-0.1, -0.05) is 12.1 Å². The normalized spacial score (nSPS) is 20.8. The molecule has 0 saturated carbocycles. The van der Waals surface area contributed by atoms with Gasteiger partial charge in [-0.15, -0.1) is 0 Å². The first kappa shape index (κ1) is 18.5. The lowest BCUT2D eigenvalue weighted by atomic mass is 9.90. The Morgan fingerprint density at radius 1 is 1.38 bits per heavy atom. The van der Waals surface area contributed by atoms with Gasteiger partial charge < -0.3 is 10.0 Å². The van der Waals surface area contributed by atoms with Gasteiger partial charge >= 0.3 is 0 Å². The molecule has 1 fully saturated rings. The highest BCUT2D eigenvalue weighted by Crippen LogP contribution is 2.25. The number of aliphatic hydroxyl groups is 1. The third kappa shape index (κ3) is 4.28. The van der Waals surface area contributed by atoms with Crippen LogP contribution in [-0.2, 0) is 17.9 Å². The van der Waals surface area contributed by atoms with E-state index in [9.17, 15) is 14.3 Å². The number of hydrogen-bond donors (Lipinski definition) is 2. The van der Waals surface area contributed by atoms with Crippen LogP contribution in [0, 0.1) is 12.7 Å². The minimum absolute atomic E-state index is 0.248. The van der Waals surface area contributed by atoms with E-state index in [4.69, 9.17) is 0 Å². The van der Waals surface area contributed by atoms with E-state index in [1.807, 2.05) is 24.9 Å². The first-order chi connectivity index (χ1) is 12.4. The summed E-state index contributed by atoms with van der Waals surface area (Å²) in [5.41, 5.74) is 1.30. The quantitative estimate of drug-likeness (QED) is 0.825. The Morgan fingerprint density at radius 3 is 2.77 bits per heavy atom. The van der Waals surface area contributed by atoms with Gasteiger partial charge in [-0.2, -0.15) is 5.10 Å². The summed E-state index contributed by atoms with van der Waals surface area (Å²) in [5, 5.41) is 18.1. The number of hydrogen-bond acceptors (Lipinski definition) is 4. The predicted octanol–water partition coefficient (Wildman–Crippen LogP) is 1.84. The molecule has 1 atom stereocenters. The molecule has 0 bridgehead atoms. The Labute approximate surface area is 152 Å². The molecule has 140 valence electrons. The Hall–Kier alpha value is -2.25. The Balaban J connectivity index is 1.64. The molecule has 1 amide bonds. The molecule has 1 aromatic carbocycles. The zero-order valence-electron chi connectivity index (χ0n) is 15.2. The molecule has 0 unspecified atom stereocenters. The summed E-state index contributed by atoms with van der Waals surface area (Å²) >= 11 is 0. The van der Waals surface area contributed by atoms with Crippen molar-refractivity contribution in [3.05, 3.63) is 53.1 Å². The van der Waals surface area contributed by atoms with Crippen LogP contribution in [0.5, 0.6) is 0 Å². The molecule has 1 aromatic heterocycles. The molecule has 7 heteroatoms. The van der Waals surface area contributed by atoms with E-state index in [0.717, 1.165) is 23.4 Å². The van der Waals surface area contributed by atoms with Crippen molar-refractivity contribution in [2.75, 3.05) is 20.1 Å². The Kier molecular flexibility index (Phi) is 5.38. The highest BCUT2D eigenvalue weighted by molar-refractivity contribution is 5.86. The van der Waals surface area contributed by atoms with Gasteiger partial charge in [-0.25, -0.2) is 4.39 Å². The van der Waals surface area contributed by atoms with Crippen LogP contribution >= 0.6 is 0 Å². The molecule has 6 nitrogen and oxygen atoms in total. The predicted molar refractivity (Wildman–Crippen MR) is 95.7 cm³/mol. The van der Waals surface area contributed by atoms with Crippen molar-refractivity contribution < 1.29 is 14.3 Å². The lowest BCUT2D eigenvalue weighted by Crippen LogP contribution is -2.57. The number of aryl methyl sites for hydroxylation is 1. The number of carbonyl (C=O) groups is 1. The largest absolute Gasteiger partial charge is 0.379 e. The van der Waals surface area contributed by atoms with Crippen molar-refractivity contribution in [2.45, 2.75) is 38.5 Å². The van der Waals surface area contributed by atoms with Gasteiger partial charge in [-0.3, -0.25) is 14.8 Å². The Bertz CT molecular complexity index is 761. The van der Waals surface area contributed by atoms with Crippen LogP contribution in [0.3, 0.4) is 0 Å². The minimum atomic E-state index is -1.40. The molecule has 2 aromatic rings. The number of carbonyl (C=O) groups excluding carboxylic acids is 1. The maximum absolute atomic E-state index is 13.1. The van der Waals surface area contributed by atoms with E-state index in [-0.39, 0.29) is 18.3 Å². The molecule has 1 aliphatic heterocycles. The third-order valence-corrected chi connectivity index (χ3v) is 4.71. The molecule has 1 aliphatic rings. The number of likely N-dealkylation sites (N-methyl/N-ethyl adjacent to an activating group) is 1. The van der Waals surface area contributed by atoms with Crippen molar-refractivity contribution in [1.82, 2.24) is 20.0 Å². The molecule has 0 radical (unpaired) electrons. The van der Waals surface area contributed by atoms with Gasteiger partial charge in [0, 0.05) is 31.9 Å². The van der Waals surface area contributed by atoms with E-state index < -0.39 is 5.60 Å². The molecule has 3 rings (SSSR count). The van der Waals surface area contributed by atoms with Crippen molar-refractivity contribution in [3.8, 4) is 0 Å². The number of aromatic nitrogens is 2. The topological polar surface area (TPSA) is 72.5 Å². The number of piperidine rings is 1. The smallest absolute Gasteiger partial charge is 0.256 e. The maximum Gasteiger partial charge on any atom is 0.256 e. The summed E-state index contributed by atoms with van der Waals surface area (Å²) < 4.78 is 13.1. The van der Waals surface area contributed by atoms with Crippen LogP contribution in [0.4, 0.5) is 4.39 Å². The summed E-state index contributed by atoms with van der Waals surface area (Å²) in [7, 11) is 1.87. The average Bonchev–Trinajstić information content (AvgIpc) is 2.98. The fourth-order valence-electron chi connectivity index (χ4n) is 3.51. The van der Waals surface area contributed by atoms with Crippen LogP contribution in [-0.4, -0.2) is 56.7 Å². The van der Waals surface area contributed by atoms with Crippen LogP contribution in [0.2, 0.25) is 0 Å². The van der Waals surface area contributed by atoms with Crippen molar-refractivity contribution in [1.29, 1.82) is 0 Å². The molecule has 0 aliphatic carbocycles. The van der Waals surface area contributed by atoms with Crippen molar-refractivity contribution in [3.63, 3.8) is 0 Å². The lowest BCUT2D eigenvalue weighted by molar-refractivity contribution is -0.160. The lowest BCUT2D eigenvalue weighted by Gasteiger charge is -2.40. The van der Waals surface area contributed by atoms with Crippen LogP contribution < -0.4 is 0 Å². The number of halogens is 1.